The van der Waals surface area contributed by atoms with Crippen LogP contribution in [0.4, 0.5) is 0 Å². The molecular weight excluding hydrogens is 312 g/mol. The molecule has 0 fully saturated rings. The van der Waals surface area contributed by atoms with Gasteiger partial charge in [0.25, 0.3) is 0 Å². The van der Waals surface area contributed by atoms with Crippen molar-refractivity contribution in [3.05, 3.63) is 0 Å². The highest BCUT2D eigenvalue weighted by molar-refractivity contribution is 4.63. The Balaban J connectivity index is 3.32. The molecule has 0 saturated carbocycles. The molecule has 0 aliphatic carbocycles. The Labute approximate surface area is 168 Å². The largest absolute Gasteiger partial charge is 0.0654 e. The zero-order chi connectivity index (χ0) is 19.6. The van der Waals surface area contributed by atoms with Gasteiger partial charge in [-0.25, -0.2) is 0 Å². The molecule has 158 valence electrons. The summed E-state index contributed by atoms with van der Waals surface area (Å²) in [5, 5.41) is 0. The molecule has 0 heterocycles. The van der Waals surface area contributed by atoms with Crippen molar-refractivity contribution in [2.24, 2.45) is 23.7 Å². The molecule has 0 aromatic heterocycles. The predicted octanol–water partition coefficient (Wildman–Crippen LogP) is 9.81. The molecule has 0 nitrogen and oxygen atoms in total. The highest BCUT2D eigenvalue weighted by atomic mass is 14.2. The lowest BCUT2D eigenvalue weighted by Crippen LogP contribution is -2.08. The highest BCUT2D eigenvalue weighted by Gasteiger charge is 2.11. The van der Waals surface area contributed by atoms with E-state index in [2.05, 4.69) is 41.5 Å². The van der Waals surface area contributed by atoms with Crippen LogP contribution in [-0.2, 0) is 0 Å². The fraction of sp³-hybridized carbons (Fsp3) is 1.00. The van der Waals surface area contributed by atoms with Crippen LogP contribution in [0.3, 0.4) is 0 Å². The van der Waals surface area contributed by atoms with E-state index >= 15 is 0 Å². The van der Waals surface area contributed by atoms with Crippen molar-refractivity contribution in [1.82, 2.24) is 0 Å². The normalized spacial score (nSPS) is 15.3. The minimum absolute atomic E-state index is 0.863. The van der Waals surface area contributed by atoms with Crippen LogP contribution in [0, 0.1) is 23.7 Å². The summed E-state index contributed by atoms with van der Waals surface area (Å²) in [7, 11) is 0. The third kappa shape index (κ3) is 16.2. The van der Waals surface area contributed by atoms with Crippen molar-refractivity contribution in [1.29, 1.82) is 0 Å². The molecule has 0 radical (unpaired) electrons. The third-order valence-electron chi connectivity index (χ3n) is 6.94. The maximum atomic E-state index is 2.49. The Morgan fingerprint density at radius 1 is 0.385 bits per heavy atom. The fourth-order valence-corrected chi connectivity index (χ4v) is 3.97. The number of unbranched alkanes of at least 4 members (excludes halogenated alkanes) is 11. The van der Waals surface area contributed by atoms with Crippen molar-refractivity contribution < 1.29 is 0 Å². The van der Waals surface area contributed by atoms with E-state index in [-0.39, 0.29) is 0 Å². The summed E-state index contributed by atoms with van der Waals surface area (Å²) >= 11 is 0. The van der Waals surface area contributed by atoms with E-state index in [1.165, 1.54) is 103 Å². The summed E-state index contributed by atoms with van der Waals surface area (Å²) in [4.78, 5) is 0. The maximum Gasteiger partial charge on any atom is -0.0417 e. The van der Waals surface area contributed by atoms with Gasteiger partial charge < -0.3 is 0 Å². The highest BCUT2D eigenvalue weighted by Crippen LogP contribution is 2.24. The molecule has 3 atom stereocenters. The number of hydrogen-bond acceptors (Lipinski definition) is 0. The molecule has 0 bridgehead atoms. The van der Waals surface area contributed by atoms with E-state index in [1.54, 1.807) is 0 Å². The van der Waals surface area contributed by atoms with Gasteiger partial charge in [0.1, 0.15) is 0 Å². The molecule has 3 unspecified atom stereocenters. The molecule has 0 aromatic carbocycles. The zero-order valence-corrected chi connectivity index (χ0v) is 19.6. The molecule has 0 heteroatoms. The number of hydrogen-bond donors (Lipinski definition) is 0. The van der Waals surface area contributed by atoms with Crippen molar-refractivity contribution in [3.63, 3.8) is 0 Å². The van der Waals surface area contributed by atoms with Crippen LogP contribution in [0.1, 0.15) is 144 Å². The average molecular weight is 367 g/mol. The van der Waals surface area contributed by atoms with Gasteiger partial charge >= 0.3 is 0 Å². The summed E-state index contributed by atoms with van der Waals surface area (Å²) in [5.74, 6) is 3.65. The minimum atomic E-state index is 0.863. The quantitative estimate of drug-likeness (QED) is 0.199. The monoisotopic (exact) mass is 366 g/mol. The van der Waals surface area contributed by atoms with Crippen LogP contribution in [0.2, 0.25) is 0 Å². The Kier molecular flexibility index (Phi) is 18.4. The topological polar surface area (TPSA) is 0 Å². The van der Waals surface area contributed by atoms with Crippen LogP contribution in [0.15, 0.2) is 0 Å². The van der Waals surface area contributed by atoms with Crippen molar-refractivity contribution in [2.45, 2.75) is 144 Å². The Hall–Kier alpha value is 0. The van der Waals surface area contributed by atoms with Crippen LogP contribution < -0.4 is 0 Å². The summed E-state index contributed by atoms with van der Waals surface area (Å²) < 4.78 is 0. The molecule has 0 N–H and O–H groups in total. The second-order valence-corrected chi connectivity index (χ2v) is 9.78. The van der Waals surface area contributed by atoms with Gasteiger partial charge in [-0.3, -0.25) is 0 Å². The van der Waals surface area contributed by atoms with Gasteiger partial charge in [-0.15, -0.1) is 0 Å². The van der Waals surface area contributed by atoms with Gasteiger partial charge in [0, 0.05) is 0 Å². The molecule has 0 rings (SSSR count). The zero-order valence-electron chi connectivity index (χ0n) is 19.6. The van der Waals surface area contributed by atoms with Crippen LogP contribution >= 0.6 is 0 Å². The SMILES string of the molecule is CCCCCCC(C)C(C)CCCCCCCCCCCC(C)C(C)C. The molecule has 26 heavy (non-hydrogen) atoms. The maximum absolute atomic E-state index is 2.49. The lowest BCUT2D eigenvalue weighted by Gasteiger charge is -2.19. The predicted molar refractivity (Wildman–Crippen MR) is 122 cm³/mol. The second-order valence-electron chi connectivity index (χ2n) is 9.78. The minimum Gasteiger partial charge on any atom is -0.0654 e. The smallest absolute Gasteiger partial charge is 0.0417 e. The van der Waals surface area contributed by atoms with Crippen LogP contribution in [-0.4, -0.2) is 0 Å². The van der Waals surface area contributed by atoms with E-state index in [4.69, 9.17) is 0 Å². The standard InChI is InChI=1S/C26H54/c1-7-8-9-17-21-25(5)26(6)22-19-16-14-12-10-11-13-15-18-20-24(4)23(2)3/h23-26H,7-22H2,1-6H3. The molecular formula is C26H54. The van der Waals surface area contributed by atoms with E-state index in [9.17, 15) is 0 Å². The van der Waals surface area contributed by atoms with E-state index in [0.29, 0.717) is 0 Å². The Bertz CT molecular complexity index is 267. The lowest BCUT2D eigenvalue weighted by atomic mass is 9.87. The van der Waals surface area contributed by atoms with Gasteiger partial charge in [-0.2, -0.15) is 0 Å². The first kappa shape index (κ1) is 26.0. The van der Waals surface area contributed by atoms with Gasteiger partial charge in [-0.05, 0) is 23.7 Å². The van der Waals surface area contributed by atoms with Gasteiger partial charge in [-0.1, -0.05) is 144 Å². The van der Waals surface area contributed by atoms with Crippen molar-refractivity contribution >= 4 is 0 Å². The Morgan fingerprint density at radius 3 is 1.04 bits per heavy atom. The van der Waals surface area contributed by atoms with E-state index in [0.717, 1.165) is 23.7 Å². The molecule has 0 amide bonds. The summed E-state index contributed by atoms with van der Waals surface area (Å²) in [6.45, 7) is 14.4. The van der Waals surface area contributed by atoms with Crippen LogP contribution in [0.5, 0.6) is 0 Å². The first-order valence-electron chi connectivity index (χ1n) is 12.5. The van der Waals surface area contributed by atoms with E-state index < -0.39 is 0 Å². The average Bonchev–Trinajstić information content (AvgIpc) is 2.62. The van der Waals surface area contributed by atoms with Gasteiger partial charge in [0.15, 0.2) is 0 Å². The first-order chi connectivity index (χ1) is 12.5. The van der Waals surface area contributed by atoms with Gasteiger partial charge in [0.2, 0.25) is 0 Å². The summed E-state index contributed by atoms with van der Waals surface area (Å²) in [6.07, 6.45) is 23.3. The van der Waals surface area contributed by atoms with Crippen LogP contribution in [0.25, 0.3) is 0 Å². The fourth-order valence-electron chi connectivity index (χ4n) is 3.97. The Morgan fingerprint density at radius 2 is 0.692 bits per heavy atom. The van der Waals surface area contributed by atoms with E-state index in [1.807, 2.05) is 0 Å². The molecule has 0 spiro atoms. The third-order valence-corrected chi connectivity index (χ3v) is 6.94. The molecule has 0 aliphatic rings. The summed E-state index contributed by atoms with van der Waals surface area (Å²) in [5.41, 5.74) is 0. The molecule has 0 aromatic rings. The molecule has 0 aliphatic heterocycles. The van der Waals surface area contributed by atoms with Gasteiger partial charge in [0.05, 0.1) is 0 Å². The second kappa shape index (κ2) is 18.4. The lowest BCUT2D eigenvalue weighted by molar-refractivity contribution is 0.322. The van der Waals surface area contributed by atoms with Crippen molar-refractivity contribution in [3.8, 4) is 0 Å². The molecule has 0 saturated heterocycles. The first-order valence-corrected chi connectivity index (χ1v) is 12.5. The summed E-state index contributed by atoms with van der Waals surface area (Å²) in [6, 6.07) is 0. The number of rotatable bonds is 19. The van der Waals surface area contributed by atoms with Crippen molar-refractivity contribution in [2.75, 3.05) is 0 Å².